The number of benzene rings is 1. The topological polar surface area (TPSA) is 55.1 Å². The molecule has 1 heterocycles. The van der Waals surface area contributed by atoms with E-state index in [0.717, 1.165) is 4.47 Å². The van der Waals surface area contributed by atoms with E-state index in [9.17, 15) is 4.79 Å². The van der Waals surface area contributed by atoms with Gasteiger partial charge >= 0.3 is 6.01 Å². The minimum absolute atomic E-state index is 0.194. The van der Waals surface area contributed by atoms with E-state index in [0.29, 0.717) is 15.7 Å². The van der Waals surface area contributed by atoms with Crippen molar-refractivity contribution in [3.63, 3.8) is 0 Å². The molecule has 0 aliphatic rings. The fourth-order valence-electron chi connectivity index (χ4n) is 1.25. The van der Waals surface area contributed by atoms with Crippen molar-refractivity contribution in [2.24, 2.45) is 0 Å². The number of carbonyl (C=O) groups excluding carboxylic acids is 1. The van der Waals surface area contributed by atoms with E-state index in [2.05, 4.69) is 42.2 Å². The molecule has 1 aromatic heterocycles. The van der Waals surface area contributed by atoms with Gasteiger partial charge in [-0.1, -0.05) is 15.9 Å². The smallest absolute Gasteiger partial charge is 0.301 e. The Morgan fingerprint density at radius 1 is 1.41 bits per heavy atom. The van der Waals surface area contributed by atoms with E-state index >= 15 is 0 Å². The number of nitrogens with zero attached hydrogens (tertiary/aromatic N) is 1. The van der Waals surface area contributed by atoms with Gasteiger partial charge in [-0.15, -0.1) is 0 Å². The van der Waals surface area contributed by atoms with Crippen molar-refractivity contribution in [2.75, 3.05) is 5.32 Å². The Bertz CT molecular complexity index is 566. The molecule has 1 aromatic carbocycles. The summed E-state index contributed by atoms with van der Waals surface area (Å²) in [6, 6.07) is 5.55. The fraction of sp³-hybridized carbons (Fsp3) is 0.0909. The molecule has 17 heavy (non-hydrogen) atoms. The van der Waals surface area contributed by atoms with Gasteiger partial charge in [0.25, 0.3) is 5.91 Å². The van der Waals surface area contributed by atoms with Gasteiger partial charge in [0.15, 0.2) is 0 Å². The number of amides is 1. The Kier molecular flexibility index (Phi) is 3.63. The lowest BCUT2D eigenvalue weighted by molar-refractivity contribution is 0.102. The van der Waals surface area contributed by atoms with Crippen LogP contribution < -0.4 is 5.32 Å². The lowest BCUT2D eigenvalue weighted by Gasteiger charge is -2.04. The molecule has 1 amide bonds. The summed E-state index contributed by atoms with van der Waals surface area (Å²) >= 11 is 6.63. The maximum Gasteiger partial charge on any atom is 0.301 e. The van der Waals surface area contributed by atoms with E-state index in [-0.39, 0.29) is 11.9 Å². The molecule has 6 heteroatoms. The summed E-state index contributed by atoms with van der Waals surface area (Å²) in [5, 5.41) is 2.58. The van der Waals surface area contributed by atoms with Crippen molar-refractivity contribution in [3.05, 3.63) is 44.7 Å². The largest absolute Gasteiger partial charge is 0.432 e. The number of halogens is 2. The molecular formula is C11H8Br2N2O2. The second-order valence-electron chi connectivity index (χ2n) is 3.37. The van der Waals surface area contributed by atoms with Gasteiger partial charge in [0.1, 0.15) is 6.26 Å². The molecule has 0 spiro atoms. The summed E-state index contributed by atoms with van der Waals surface area (Å²) < 4.78 is 6.59. The minimum Gasteiger partial charge on any atom is -0.432 e. The predicted octanol–water partition coefficient (Wildman–Crippen LogP) is 3.76. The first-order valence-electron chi connectivity index (χ1n) is 4.75. The van der Waals surface area contributed by atoms with Crippen LogP contribution in [0.15, 0.2) is 37.8 Å². The van der Waals surface area contributed by atoms with Gasteiger partial charge < -0.3 is 4.42 Å². The first-order valence-corrected chi connectivity index (χ1v) is 6.33. The number of hydrogen-bond donors (Lipinski definition) is 1. The molecule has 0 aliphatic heterocycles. The van der Waals surface area contributed by atoms with Crippen molar-refractivity contribution >= 4 is 43.8 Å². The summed E-state index contributed by atoms with van der Waals surface area (Å²) in [6.07, 6.45) is 1.48. The molecule has 4 nitrogen and oxygen atoms in total. The molecule has 0 atom stereocenters. The van der Waals surface area contributed by atoms with E-state index in [1.165, 1.54) is 6.26 Å². The number of aryl methyl sites for hydroxylation is 1. The van der Waals surface area contributed by atoms with E-state index < -0.39 is 0 Å². The average molecular weight is 360 g/mol. The second kappa shape index (κ2) is 5.01. The minimum atomic E-state index is -0.278. The van der Waals surface area contributed by atoms with Crippen molar-refractivity contribution in [3.8, 4) is 0 Å². The van der Waals surface area contributed by atoms with Crippen LogP contribution in [0.5, 0.6) is 0 Å². The summed E-state index contributed by atoms with van der Waals surface area (Å²) in [4.78, 5) is 15.9. The highest BCUT2D eigenvalue weighted by Crippen LogP contribution is 2.22. The third-order valence-electron chi connectivity index (χ3n) is 2.01. The number of anilines is 1. The Hall–Kier alpha value is -1.14. The second-order valence-corrected chi connectivity index (χ2v) is 5.14. The van der Waals surface area contributed by atoms with Crippen molar-refractivity contribution in [1.82, 2.24) is 4.98 Å². The van der Waals surface area contributed by atoms with Crippen LogP contribution in [0.4, 0.5) is 6.01 Å². The molecule has 0 aliphatic carbocycles. The molecule has 0 saturated carbocycles. The van der Waals surface area contributed by atoms with Crippen LogP contribution in [0, 0.1) is 6.92 Å². The Morgan fingerprint density at radius 2 is 2.18 bits per heavy atom. The zero-order chi connectivity index (χ0) is 12.4. The summed E-state index contributed by atoms with van der Waals surface area (Å²) in [5.74, 6) is -0.278. The lowest BCUT2D eigenvalue weighted by atomic mass is 10.2. The third-order valence-corrected chi connectivity index (χ3v) is 3.20. The molecule has 0 fully saturated rings. The Balaban J connectivity index is 2.22. The highest BCUT2D eigenvalue weighted by molar-refractivity contribution is 9.11. The third kappa shape index (κ3) is 2.95. The van der Waals surface area contributed by atoms with Gasteiger partial charge in [0, 0.05) is 8.95 Å². The monoisotopic (exact) mass is 358 g/mol. The van der Waals surface area contributed by atoms with Gasteiger partial charge in [-0.2, -0.15) is 4.98 Å². The Labute approximate surface area is 115 Å². The molecule has 1 N–H and O–H groups in total. The van der Waals surface area contributed by atoms with Gasteiger partial charge in [-0.25, -0.2) is 0 Å². The SMILES string of the molecule is Cc1coc(NC(=O)c2cc(Br)ccc2Br)n1. The van der Waals surface area contributed by atoms with Crippen LogP contribution in [0.1, 0.15) is 16.1 Å². The average Bonchev–Trinajstić information content (AvgIpc) is 2.67. The van der Waals surface area contributed by atoms with Crippen LogP contribution in [0.3, 0.4) is 0 Å². The van der Waals surface area contributed by atoms with E-state index in [1.807, 2.05) is 6.07 Å². The molecule has 2 aromatic rings. The highest BCUT2D eigenvalue weighted by atomic mass is 79.9. The summed E-state index contributed by atoms with van der Waals surface area (Å²) in [5.41, 5.74) is 1.23. The molecule has 2 rings (SSSR count). The predicted molar refractivity (Wildman–Crippen MR) is 71.0 cm³/mol. The van der Waals surface area contributed by atoms with Crippen LogP contribution in [0.2, 0.25) is 0 Å². The number of rotatable bonds is 2. The van der Waals surface area contributed by atoms with Crippen LogP contribution in [-0.4, -0.2) is 10.9 Å². The fourth-order valence-corrected chi connectivity index (χ4v) is 2.04. The van der Waals surface area contributed by atoms with E-state index in [4.69, 9.17) is 4.42 Å². The number of carbonyl (C=O) groups is 1. The van der Waals surface area contributed by atoms with Crippen molar-refractivity contribution in [2.45, 2.75) is 6.92 Å². The van der Waals surface area contributed by atoms with Gasteiger partial charge in [0.2, 0.25) is 0 Å². The quantitative estimate of drug-likeness (QED) is 0.888. The zero-order valence-electron chi connectivity index (χ0n) is 8.83. The standard InChI is InChI=1S/C11H8Br2N2O2/c1-6-5-17-11(14-6)15-10(16)8-4-7(12)2-3-9(8)13/h2-5H,1H3,(H,14,15,16). The number of hydrogen-bond acceptors (Lipinski definition) is 3. The summed E-state index contributed by atoms with van der Waals surface area (Å²) in [7, 11) is 0. The molecule has 0 unspecified atom stereocenters. The molecular weight excluding hydrogens is 352 g/mol. The number of oxazole rings is 1. The van der Waals surface area contributed by atoms with Crippen LogP contribution in [-0.2, 0) is 0 Å². The van der Waals surface area contributed by atoms with Crippen molar-refractivity contribution < 1.29 is 9.21 Å². The van der Waals surface area contributed by atoms with Crippen LogP contribution in [0.25, 0.3) is 0 Å². The first-order chi connectivity index (χ1) is 8.06. The normalized spacial score (nSPS) is 10.3. The molecule has 0 radical (unpaired) electrons. The van der Waals surface area contributed by atoms with Crippen molar-refractivity contribution in [1.29, 1.82) is 0 Å². The van der Waals surface area contributed by atoms with E-state index in [1.54, 1.807) is 19.1 Å². The maximum absolute atomic E-state index is 11.9. The molecule has 0 bridgehead atoms. The zero-order valence-corrected chi connectivity index (χ0v) is 12.0. The first kappa shape index (κ1) is 12.3. The molecule has 88 valence electrons. The highest BCUT2D eigenvalue weighted by Gasteiger charge is 2.13. The molecule has 0 saturated heterocycles. The number of aromatic nitrogens is 1. The Morgan fingerprint density at radius 3 is 2.82 bits per heavy atom. The van der Waals surface area contributed by atoms with Crippen LogP contribution >= 0.6 is 31.9 Å². The van der Waals surface area contributed by atoms with Gasteiger partial charge in [-0.05, 0) is 41.1 Å². The van der Waals surface area contributed by atoms with Gasteiger partial charge in [0.05, 0.1) is 11.3 Å². The van der Waals surface area contributed by atoms with Gasteiger partial charge in [-0.3, -0.25) is 10.1 Å². The maximum atomic E-state index is 11.9. The lowest BCUT2D eigenvalue weighted by Crippen LogP contribution is -2.12. The summed E-state index contributed by atoms with van der Waals surface area (Å²) in [6.45, 7) is 1.79. The number of nitrogens with one attached hydrogen (secondary N) is 1.